The Morgan fingerprint density at radius 1 is 1.47 bits per heavy atom. The van der Waals surface area contributed by atoms with Gasteiger partial charge < -0.3 is 0 Å². The van der Waals surface area contributed by atoms with E-state index in [-0.39, 0.29) is 24.4 Å². The smallest absolute Gasteiger partial charge is 0.243 e. The fourth-order valence-corrected chi connectivity index (χ4v) is 1.70. The SMILES string of the molecule is CC1C(=O)NC(=O)CN1Cc1ccc(Cl)nn1. The first-order valence-corrected chi connectivity index (χ1v) is 5.50. The van der Waals surface area contributed by atoms with Crippen molar-refractivity contribution >= 4 is 23.4 Å². The van der Waals surface area contributed by atoms with Crippen molar-refractivity contribution in [1.82, 2.24) is 20.4 Å². The molecule has 7 heteroatoms. The Bertz CT molecular complexity index is 448. The molecule has 1 fully saturated rings. The van der Waals surface area contributed by atoms with E-state index in [2.05, 4.69) is 15.5 Å². The second kappa shape index (κ2) is 4.77. The summed E-state index contributed by atoms with van der Waals surface area (Å²) in [4.78, 5) is 24.4. The molecule has 1 N–H and O–H groups in total. The highest BCUT2D eigenvalue weighted by Gasteiger charge is 2.30. The number of imide groups is 1. The van der Waals surface area contributed by atoms with Gasteiger partial charge in [0.15, 0.2) is 5.15 Å². The summed E-state index contributed by atoms with van der Waals surface area (Å²) in [6.45, 7) is 2.31. The third kappa shape index (κ3) is 2.78. The van der Waals surface area contributed by atoms with Gasteiger partial charge in [-0.3, -0.25) is 19.8 Å². The van der Waals surface area contributed by atoms with Crippen LogP contribution in [0.1, 0.15) is 12.6 Å². The molecule has 1 aromatic heterocycles. The molecular weight excluding hydrogens is 244 g/mol. The van der Waals surface area contributed by atoms with Crippen molar-refractivity contribution in [2.75, 3.05) is 6.54 Å². The maximum atomic E-state index is 11.4. The van der Waals surface area contributed by atoms with Gasteiger partial charge in [-0.2, -0.15) is 5.10 Å². The number of halogens is 1. The summed E-state index contributed by atoms with van der Waals surface area (Å²) in [7, 11) is 0. The average molecular weight is 255 g/mol. The van der Waals surface area contributed by atoms with Gasteiger partial charge in [-0.05, 0) is 19.1 Å². The van der Waals surface area contributed by atoms with Crippen LogP contribution in [0.4, 0.5) is 0 Å². The molecule has 2 rings (SSSR count). The second-order valence-corrected chi connectivity index (χ2v) is 4.23. The molecular formula is C10H11ClN4O2. The first-order chi connectivity index (χ1) is 8.06. The monoisotopic (exact) mass is 254 g/mol. The number of rotatable bonds is 2. The van der Waals surface area contributed by atoms with Crippen LogP contribution in [0.15, 0.2) is 12.1 Å². The van der Waals surface area contributed by atoms with Gasteiger partial charge in [0.2, 0.25) is 11.8 Å². The van der Waals surface area contributed by atoms with Crippen LogP contribution in [-0.4, -0.2) is 39.5 Å². The molecule has 2 heterocycles. The molecule has 1 atom stereocenters. The Labute approximate surface area is 103 Å². The van der Waals surface area contributed by atoms with E-state index in [0.717, 1.165) is 0 Å². The fraction of sp³-hybridized carbons (Fsp3) is 0.400. The molecule has 0 radical (unpaired) electrons. The van der Waals surface area contributed by atoms with Crippen LogP contribution in [-0.2, 0) is 16.1 Å². The number of piperazine rings is 1. The molecule has 1 aliphatic heterocycles. The molecule has 0 bridgehead atoms. The van der Waals surface area contributed by atoms with Crippen LogP contribution in [0.25, 0.3) is 0 Å². The molecule has 1 unspecified atom stereocenters. The van der Waals surface area contributed by atoms with E-state index in [1.165, 1.54) is 0 Å². The highest BCUT2D eigenvalue weighted by molar-refractivity contribution is 6.29. The maximum Gasteiger partial charge on any atom is 0.243 e. The molecule has 1 aromatic rings. The lowest BCUT2D eigenvalue weighted by Gasteiger charge is -2.30. The first-order valence-electron chi connectivity index (χ1n) is 5.12. The lowest BCUT2D eigenvalue weighted by molar-refractivity contribution is -0.139. The number of aromatic nitrogens is 2. The van der Waals surface area contributed by atoms with Gasteiger partial charge >= 0.3 is 0 Å². The van der Waals surface area contributed by atoms with Crippen molar-refractivity contribution in [3.8, 4) is 0 Å². The second-order valence-electron chi connectivity index (χ2n) is 3.84. The van der Waals surface area contributed by atoms with E-state index in [1.807, 2.05) is 0 Å². The number of carbonyl (C=O) groups is 2. The molecule has 6 nitrogen and oxygen atoms in total. The van der Waals surface area contributed by atoms with Crippen LogP contribution in [0, 0.1) is 0 Å². The van der Waals surface area contributed by atoms with Gasteiger partial charge in [0, 0.05) is 6.54 Å². The van der Waals surface area contributed by atoms with Crippen molar-refractivity contribution in [2.24, 2.45) is 0 Å². The summed E-state index contributed by atoms with van der Waals surface area (Å²) in [6.07, 6.45) is 0. The van der Waals surface area contributed by atoms with Gasteiger partial charge in [-0.15, -0.1) is 5.10 Å². The number of nitrogens with one attached hydrogen (secondary N) is 1. The topological polar surface area (TPSA) is 75.2 Å². The zero-order chi connectivity index (χ0) is 12.4. The molecule has 0 aliphatic carbocycles. The van der Waals surface area contributed by atoms with Crippen LogP contribution in [0.2, 0.25) is 5.15 Å². The quantitative estimate of drug-likeness (QED) is 0.751. The predicted octanol–water partition coefficient (Wildman–Crippen LogP) is -0.0231. The van der Waals surface area contributed by atoms with E-state index >= 15 is 0 Å². The van der Waals surface area contributed by atoms with E-state index < -0.39 is 0 Å². The third-order valence-corrected chi connectivity index (χ3v) is 2.79. The first kappa shape index (κ1) is 11.9. The molecule has 17 heavy (non-hydrogen) atoms. The normalized spacial score (nSPS) is 21.4. The summed E-state index contributed by atoms with van der Waals surface area (Å²) in [5.74, 6) is -0.585. The number of hydrogen-bond donors (Lipinski definition) is 1. The zero-order valence-electron chi connectivity index (χ0n) is 9.18. The van der Waals surface area contributed by atoms with Crippen LogP contribution in [0.3, 0.4) is 0 Å². The Balaban J connectivity index is 2.09. The maximum absolute atomic E-state index is 11.4. The summed E-state index contributed by atoms with van der Waals surface area (Å²) in [5, 5.41) is 10.2. The van der Waals surface area contributed by atoms with Gasteiger partial charge in [0.05, 0.1) is 18.3 Å². The van der Waals surface area contributed by atoms with Crippen LogP contribution >= 0.6 is 11.6 Å². The zero-order valence-corrected chi connectivity index (χ0v) is 9.94. The average Bonchev–Trinajstić information content (AvgIpc) is 2.28. The minimum absolute atomic E-state index is 0.178. The largest absolute Gasteiger partial charge is 0.294 e. The van der Waals surface area contributed by atoms with E-state index in [4.69, 9.17) is 11.6 Å². The third-order valence-electron chi connectivity index (χ3n) is 2.59. The van der Waals surface area contributed by atoms with Crippen molar-refractivity contribution < 1.29 is 9.59 Å². The highest BCUT2D eigenvalue weighted by Crippen LogP contribution is 2.10. The molecule has 0 spiro atoms. The van der Waals surface area contributed by atoms with Gasteiger partial charge in [0.25, 0.3) is 0 Å². The fourth-order valence-electron chi connectivity index (χ4n) is 1.60. The van der Waals surface area contributed by atoms with Gasteiger partial charge in [-0.25, -0.2) is 0 Å². The molecule has 1 saturated heterocycles. The van der Waals surface area contributed by atoms with E-state index in [9.17, 15) is 9.59 Å². The number of carbonyl (C=O) groups excluding carboxylic acids is 2. The number of nitrogens with zero attached hydrogens (tertiary/aromatic N) is 3. The molecule has 1 aliphatic rings. The number of hydrogen-bond acceptors (Lipinski definition) is 5. The van der Waals surface area contributed by atoms with E-state index in [0.29, 0.717) is 17.4 Å². The highest BCUT2D eigenvalue weighted by atomic mass is 35.5. The summed E-state index contributed by atoms with van der Waals surface area (Å²) < 4.78 is 0. The Morgan fingerprint density at radius 3 is 2.88 bits per heavy atom. The molecule has 0 aromatic carbocycles. The summed E-state index contributed by atoms with van der Waals surface area (Å²) in [5.41, 5.74) is 0.670. The van der Waals surface area contributed by atoms with Crippen molar-refractivity contribution in [3.05, 3.63) is 23.0 Å². The van der Waals surface area contributed by atoms with Crippen molar-refractivity contribution in [1.29, 1.82) is 0 Å². The van der Waals surface area contributed by atoms with E-state index in [1.54, 1.807) is 24.0 Å². The standard InChI is InChI=1S/C10H11ClN4O2/c1-6-10(17)12-9(16)5-15(6)4-7-2-3-8(11)14-13-7/h2-3,6H,4-5H2,1H3,(H,12,16,17). The predicted molar refractivity (Wildman–Crippen MR) is 60.1 cm³/mol. The Kier molecular flexibility index (Phi) is 3.35. The van der Waals surface area contributed by atoms with Gasteiger partial charge in [-0.1, -0.05) is 11.6 Å². The number of amides is 2. The minimum atomic E-state index is -0.356. The lowest BCUT2D eigenvalue weighted by atomic mass is 10.2. The lowest BCUT2D eigenvalue weighted by Crippen LogP contribution is -2.56. The van der Waals surface area contributed by atoms with Gasteiger partial charge in [0.1, 0.15) is 0 Å². The minimum Gasteiger partial charge on any atom is -0.294 e. The molecule has 90 valence electrons. The van der Waals surface area contributed by atoms with Crippen molar-refractivity contribution in [2.45, 2.75) is 19.5 Å². The molecule has 0 saturated carbocycles. The molecule has 2 amide bonds. The summed E-state index contributed by atoms with van der Waals surface area (Å²) in [6, 6.07) is 2.99. The van der Waals surface area contributed by atoms with Crippen LogP contribution < -0.4 is 5.32 Å². The van der Waals surface area contributed by atoms with Crippen LogP contribution in [0.5, 0.6) is 0 Å². The Hall–Kier alpha value is -1.53. The Morgan fingerprint density at radius 2 is 2.24 bits per heavy atom. The summed E-state index contributed by atoms with van der Waals surface area (Å²) >= 11 is 5.62. The van der Waals surface area contributed by atoms with Crippen molar-refractivity contribution in [3.63, 3.8) is 0 Å².